The maximum atomic E-state index is 12.3. The number of hydrogen-bond donors (Lipinski definition) is 1. The molecule has 1 aliphatic rings. The third kappa shape index (κ3) is 3.41. The molecule has 1 amide bonds. The van der Waals surface area contributed by atoms with Crippen LogP contribution in [0.2, 0.25) is 0 Å². The molecule has 0 spiro atoms. The fourth-order valence-corrected chi connectivity index (χ4v) is 2.36. The van der Waals surface area contributed by atoms with Gasteiger partial charge in [-0.05, 0) is 29.7 Å². The molecule has 1 atom stereocenters. The molecular formula is C13H18N4O5. The Labute approximate surface area is 126 Å². The molecule has 1 aromatic rings. The first-order chi connectivity index (χ1) is 10.3. The summed E-state index contributed by atoms with van der Waals surface area (Å²) in [5.74, 6) is -1.10. The van der Waals surface area contributed by atoms with Crippen LogP contribution in [0.3, 0.4) is 0 Å². The zero-order valence-electron chi connectivity index (χ0n) is 12.4. The van der Waals surface area contributed by atoms with Crippen molar-refractivity contribution in [2.45, 2.75) is 51.7 Å². The second kappa shape index (κ2) is 6.12. The Kier molecular flexibility index (Phi) is 4.43. The van der Waals surface area contributed by atoms with E-state index < -0.39 is 16.9 Å². The van der Waals surface area contributed by atoms with Crippen molar-refractivity contribution >= 4 is 17.7 Å². The Balaban J connectivity index is 2.02. The van der Waals surface area contributed by atoms with Crippen LogP contribution in [0.1, 0.15) is 32.0 Å². The molecule has 1 fully saturated rings. The summed E-state index contributed by atoms with van der Waals surface area (Å²) in [5.41, 5.74) is 0. The Morgan fingerprint density at radius 1 is 1.59 bits per heavy atom. The second-order valence-electron chi connectivity index (χ2n) is 5.39. The minimum absolute atomic E-state index is 0.00294. The smallest absolute Gasteiger partial charge is 0.381 e. The topological polar surface area (TPSA) is 119 Å². The lowest BCUT2D eigenvalue weighted by molar-refractivity contribution is -0.389. The fraction of sp³-hybridized carbons (Fsp3) is 0.615. The molecule has 0 aliphatic heterocycles. The lowest BCUT2D eigenvalue weighted by Crippen LogP contribution is -2.45. The number of carbonyl (C=O) groups excluding carboxylic acids is 1. The predicted octanol–water partition coefficient (Wildman–Crippen LogP) is 0.954. The summed E-state index contributed by atoms with van der Waals surface area (Å²) in [4.78, 5) is 38.7. The monoisotopic (exact) mass is 310 g/mol. The van der Waals surface area contributed by atoms with Gasteiger partial charge in [-0.1, -0.05) is 0 Å². The third-order valence-electron chi connectivity index (χ3n) is 3.72. The Morgan fingerprint density at radius 3 is 2.68 bits per heavy atom. The molecule has 1 N–H and O–H groups in total. The van der Waals surface area contributed by atoms with Crippen LogP contribution in [0, 0.1) is 17.0 Å². The van der Waals surface area contributed by atoms with Crippen LogP contribution in [0.15, 0.2) is 6.20 Å². The van der Waals surface area contributed by atoms with Crippen molar-refractivity contribution in [2.75, 3.05) is 0 Å². The molecule has 1 aliphatic carbocycles. The second-order valence-corrected chi connectivity index (χ2v) is 5.39. The van der Waals surface area contributed by atoms with Crippen molar-refractivity contribution in [1.29, 1.82) is 0 Å². The number of aryl methyl sites for hydroxylation is 2. The van der Waals surface area contributed by atoms with Gasteiger partial charge in [-0.2, -0.15) is 0 Å². The average Bonchev–Trinajstić information content (AvgIpc) is 3.19. The van der Waals surface area contributed by atoms with E-state index in [0.29, 0.717) is 5.82 Å². The van der Waals surface area contributed by atoms with Crippen molar-refractivity contribution in [3.05, 3.63) is 22.1 Å². The van der Waals surface area contributed by atoms with Gasteiger partial charge in [0.05, 0.1) is 0 Å². The maximum absolute atomic E-state index is 12.3. The highest BCUT2D eigenvalue weighted by Crippen LogP contribution is 2.29. The summed E-state index contributed by atoms with van der Waals surface area (Å²) >= 11 is 0. The molecule has 9 heteroatoms. The van der Waals surface area contributed by atoms with E-state index in [1.165, 1.54) is 22.6 Å². The highest BCUT2D eigenvalue weighted by atomic mass is 16.6. The van der Waals surface area contributed by atoms with E-state index in [1.807, 2.05) is 0 Å². The molecule has 1 heterocycles. The van der Waals surface area contributed by atoms with Gasteiger partial charge in [0.2, 0.25) is 11.7 Å². The van der Waals surface area contributed by atoms with Crippen molar-refractivity contribution < 1.29 is 19.6 Å². The Morgan fingerprint density at radius 2 is 2.23 bits per heavy atom. The molecule has 0 bridgehead atoms. The van der Waals surface area contributed by atoms with Gasteiger partial charge < -0.3 is 24.7 Å². The van der Waals surface area contributed by atoms with Gasteiger partial charge >= 0.3 is 11.8 Å². The SMILES string of the molecule is Cc1nc([N+](=O)[O-])cn1CCC(=O)N(C1CC1)C(C)C(=O)O. The van der Waals surface area contributed by atoms with E-state index in [9.17, 15) is 19.7 Å². The first-order valence-corrected chi connectivity index (χ1v) is 7.03. The number of hydrogen-bond acceptors (Lipinski definition) is 5. The van der Waals surface area contributed by atoms with E-state index in [4.69, 9.17) is 5.11 Å². The molecule has 0 aromatic carbocycles. The number of carbonyl (C=O) groups is 2. The van der Waals surface area contributed by atoms with Gasteiger partial charge in [0.15, 0.2) is 0 Å². The lowest BCUT2D eigenvalue weighted by atomic mass is 10.2. The van der Waals surface area contributed by atoms with Gasteiger partial charge in [-0.25, -0.2) is 4.79 Å². The molecule has 1 unspecified atom stereocenters. The third-order valence-corrected chi connectivity index (χ3v) is 3.72. The van der Waals surface area contributed by atoms with Crippen LogP contribution in [0.4, 0.5) is 5.82 Å². The predicted molar refractivity (Wildman–Crippen MR) is 75.2 cm³/mol. The molecule has 120 valence electrons. The minimum atomic E-state index is -1.03. The molecule has 2 rings (SSSR count). The van der Waals surface area contributed by atoms with E-state index in [2.05, 4.69) is 4.98 Å². The average molecular weight is 310 g/mol. The Hall–Kier alpha value is -2.45. The lowest BCUT2D eigenvalue weighted by Gasteiger charge is -2.26. The van der Waals surface area contributed by atoms with Crippen LogP contribution < -0.4 is 0 Å². The number of aromatic nitrogens is 2. The Bertz CT molecular complexity index is 608. The highest BCUT2D eigenvalue weighted by Gasteiger charge is 2.38. The zero-order chi connectivity index (χ0) is 16.4. The van der Waals surface area contributed by atoms with E-state index in [1.54, 1.807) is 6.92 Å². The van der Waals surface area contributed by atoms with E-state index >= 15 is 0 Å². The summed E-state index contributed by atoms with van der Waals surface area (Å²) < 4.78 is 1.53. The van der Waals surface area contributed by atoms with Crippen molar-refractivity contribution in [2.24, 2.45) is 0 Å². The van der Waals surface area contributed by atoms with E-state index in [0.717, 1.165) is 12.8 Å². The summed E-state index contributed by atoms with van der Waals surface area (Å²) in [5, 5.41) is 19.8. The molecule has 9 nitrogen and oxygen atoms in total. The summed E-state index contributed by atoms with van der Waals surface area (Å²) in [6.45, 7) is 3.35. The summed E-state index contributed by atoms with van der Waals surface area (Å²) in [6.07, 6.45) is 3.01. The number of carboxylic acids is 1. The summed E-state index contributed by atoms with van der Waals surface area (Å²) in [7, 11) is 0. The number of nitro groups is 1. The number of nitrogens with zero attached hydrogens (tertiary/aromatic N) is 4. The molecule has 1 aromatic heterocycles. The largest absolute Gasteiger partial charge is 0.480 e. The van der Waals surface area contributed by atoms with Crippen LogP contribution >= 0.6 is 0 Å². The van der Waals surface area contributed by atoms with Crippen LogP contribution in [-0.4, -0.2) is 48.4 Å². The van der Waals surface area contributed by atoms with Gasteiger partial charge in [-0.15, -0.1) is 0 Å². The van der Waals surface area contributed by atoms with Crippen molar-refractivity contribution in [3.63, 3.8) is 0 Å². The van der Waals surface area contributed by atoms with Crippen molar-refractivity contribution in [3.8, 4) is 0 Å². The summed E-state index contributed by atoms with van der Waals surface area (Å²) in [6, 6.07) is -0.866. The van der Waals surface area contributed by atoms with Crippen LogP contribution in [0.5, 0.6) is 0 Å². The first kappa shape index (κ1) is 15.9. The maximum Gasteiger partial charge on any atom is 0.381 e. The molecule has 22 heavy (non-hydrogen) atoms. The molecule has 0 radical (unpaired) electrons. The van der Waals surface area contributed by atoms with Crippen LogP contribution in [0.25, 0.3) is 0 Å². The number of rotatable bonds is 7. The fourth-order valence-electron chi connectivity index (χ4n) is 2.36. The normalized spacial score (nSPS) is 15.4. The molecule has 1 saturated carbocycles. The molecular weight excluding hydrogens is 292 g/mol. The molecule has 0 saturated heterocycles. The number of aliphatic carboxylic acids is 1. The van der Waals surface area contributed by atoms with Gasteiger partial charge in [0.25, 0.3) is 0 Å². The van der Waals surface area contributed by atoms with Crippen molar-refractivity contribution in [1.82, 2.24) is 14.5 Å². The highest BCUT2D eigenvalue weighted by molar-refractivity contribution is 5.83. The number of imidazole rings is 1. The van der Waals surface area contributed by atoms with Crippen LogP contribution in [-0.2, 0) is 16.1 Å². The van der Waals surface area contributed by atoms with Gasteiger partial charge in [-0.3, -0.25) is 4.79 Å². The number of amides is 1. The minimum Gasteiger partial charge on any atom is -0.480 e. The standard InChI is InChI=1S/C13H18N4O5/c1-8(13(19)20)16(10-3-4-10)12(18)5-6-15-7-11(17(21)22)14-9(15)2/h7-8,10H,3-6H2,1-2H3,(H,19,20). The van der Waals surface area contributed by atoms with E-state index in [-0.39, 0.29) is 30.7 Å². The first-order valence-electron chi connectivity index (χ1n) is 7.03. The van der Waals surface area contributed by atoms with Gasteiger partial charge in [0.1, 0.15) is 12.2 Å². The quantitative estimate of drug-likeness (QED) is 0.591. The zero-order valence-corrected chi connectivity index (χ0v) is 12.4. The van der Waals surface area contributed by atoms with Gasteiger partial charge in [0, 0.05) is 25.9 Å². The number of carboxylic acid groups (broad SMARTS) is 1.